The summed E-state index contributed by atoms with van der Waals surface area (Å²) in [5.41, 5.74) is 7.33. The third-order valence-corrected chi connectivity index (χ3v) is 4.23. The van der Waals surface area contributed by atoms with Crippen LogP contribution in [0.25, 0.3) is 0 Å². The number of hydrogen-bond donors (Lipinski definition) is 1. The molecule has 0 unspecified atom stereocenters. The van der Waals surface area contributed by atoms with E-state index in [0.29, 0.717) is 0 Å². The molecular weight excluding hydrogens is 260 g/mol. The van der Waals surface area contributed by atoms with Gasteiger partial charge in [-0.15, -0.1) is 0 Å². The topological polar surface area (TPSA) is 44.9 Å². The van der Waals surface area contributed by atoms with Crippen LogP contribution >= 0.6 is 0 Å². The molecule has 1 aromatic carbocycles. The van der Waals surface area contributed by atoms with Gasteiger partial charge in [-0.2, -0.15) is 0 Å². The van der Waals surface area contributed by atoms with E-state index in [1.807, 2.05) is 6.07 Å². The van der Waals surface area contributed by atoms with E-state index < -0.39 is 0 Å². The third-order valence-electron chi connectivity index (χ3n) is 4.23. The molecule has 4 heteroatoms. The van der Waals surface area contributed by atoms with Crippen LogP contribution in [0, 0.1) is 5.92 Å². The van der Waals surface area contributed by atoms with Gasteiger partial charge in [0.1, 0.15) is 0 Å². The SMILES string of the molecule is CC1CCN(C(N)=NCCCN(C)c2ccccc2)CC1. The number of anilines is 1. The summed E-state index contributed by atoms with van der Waals surface area (Å²) in [5, 5.41) is 0. The zero-order valence-corrected chi connectivity index (χ0v) is 13.3. The molecule has 0 radical (unpaired) electrons. The lowest BCUT2D eigenvalue weighted by Crippen LogP contribution is -2.42. The fourth-order valence-electron chi connectivity index (χ4n) is 2.65. The molecule has 4 nitrogen and oxygen atoms in total. The first-order chi connectivity index (χ1) is 10.2. The van der Waals surface area contributed by atoms with E-state index in [-0.39, 0.29) is 0 Å². The van der Waals surface area contributed by atoms with Gasteiger partial charge in [-0.3, -0.25) is 4.99 Å². The van der Waals surface area contributed by atoms with Gasteiger partial charge < -0.3 is 15.5 Å². The second-order valence-electron chi connectivity index (χ2n) is 6.02. The van der Waals surface area contributed by atoms with Gasteiger partial charge in [0.2, 0.25) is 0 Å². The molecule has 1 heterocycles. The highest BCUT2D eigenvalue weighted by molar-refractivity contribution is 5.78. The van der Waals surface area contributed by atoms with Gasteiger partial charge in [0.05, 0.1) is 0 Å². The van der Waals surface area contributed by atoms with Crippen LogP contribution in [0.2, 0.25) is 0 Å². The lowest BCUT2D eigenvalue weighted by Gasteiger charge is -2.31. The second kappa shape index (κ2) is 7.91. The Hall–Kier alpha value is -1.71. The quantitative estimate of drug-likeness (QED) is 0.514. The van der Waals surface area contributed by atoms with Crippen LogP contribution in [0.3, 0.4) is 0 Å². The lowest BCUT2D eigenvalue weighted by atomic mass is 10.00. The largest absolute Gasteiger partial charge is 0.375 e. The highest BCUT2D eigenvalue weighted by Gasteiger charge is 2.16. The molecule has 0 spiro atoms. The minimum atomic E-state index is 0.726. The number of piperidine rings is 1. The predicted octanol–water partition coefficient (Wildman–Crippen LogP) is 2.56. The zero-order valence-electron chi connectivity index (χ0n) is 13.3. The molecule has 2 rings (SSSR count). The van der Waals surface area contributed by atoms with Crippen molar-refractivity contribution in [2.45, 2.75) is 26.2 Å². The summed E-state index contributed by atoms with van der Waals surface area (Å²) >= 11 is 0. The molecule has 0 aliphatic carbocycles. The van der Waals surface area contributed by atoms with Crippen LogP contribution < -0.4 is 10.6 Å². The van der Waals surface area contributed by atoms with Crippen molar-refractivity contribution in [2.24, 2.45) is 16.6 Å². The van der Waals surface area contributed by atoms with E-state index in [1.54, 1.807) is 0 Å². The Kier molecular flexibility index (Phi) is 5.90. The van der Waals surface area contributed by atoms with Crippen molar-refractivity contribution in [3.05, 3.63) is 30.3 Å². The van der Waals surface area contributed by atoms with Gasteiger partial charge >= 0.3 is 0 Å². The average molecular weight is 288 g/mol. The van der Waals surface area contributed by atoms with Crippen LogP contribution in [-0.4, -0.2) is 44.1 Å². The maximum Gasteiger partial charge on any atom is 0.191 e. The van der Waals surface area contributed by atoms with E-state index >= 15 is 0 Å². The smallest absolute Gasteiger partial charge is 0.191 e. The number of likely N-dealkylation sites (tertiary alicyclic amines) is 1. The van der Waals surface area contributed by atoms with Gasteiger partial charge in [-0.1, -0.05) is 25.1 Å². The van der Waals surface area contributed by atoms with Crippen LogP contribution in [0.5, 0.6) is 0 Å². The van der Waals surface area contributed by atoms with Gasteiger partial charge in [-0.25, -0.2) is 0 Å². The lowest BCUT2D eigenvalue weighted by molar-refractivity contribution is 0.277. The molecule has 0 aromatic heterocycles. The van der Waals surface area contributed by atoms with Crippen molar-refractivity contribution in [2.75, 3.05) is 38.1 Å². The van der Waals surface area contributed by atoms with Crippen molar-refractivity contribution in [3.63, 3.8) is 0 Å². The Morgan fingerprint density at radius 2 is 1.95 bits per heavy atom. The number of hydrogen-bond acceptors (Lipinski definition) is 2. The van der Waals surface area contributed by atoms with Crippen LogP contribution in [0.4, 0.5) is 5.69 Å². The minimum absolute atomic E-state index is 0.726. The fourth-order valence-corrected chi connectivity index (χ4v) is 2.65. The molecule has 0 atom stereocenters. The van der Waals surface area contributed by atoms with E-state index in [4.69, 9.17) is 5.73 Å². The molecule has 1 aliphatic rings. The number of aliphatic imine (C=N–C) groups is 1. The maximum atomic E-state index is 6.08. The summed E-state index contributed by atoms with van der Waals surface area (Å²) in [4.78, 5) is 9.01. The Morgan fingerprint density at radius 1 is 1.29 bits per heavy atom. The summed E-state index contributed by atoms with van der Waals surface area (Å²) in [6, 6.07) is 10.4. The standard InChI is InChI=1S/C17H28N4/c1-15-9-13-21(14-10-15)17(18)19-11-6-12-20(2)16-7-4-3-5-8-16/h3-5,7-8,15H,6,9-14H2,1-2H3,(H2,18,19). The first kappa shape index (κ1) is 15.7. The number of benzene rings is 1. The van der Waals surface area contributed by atoms with E-state index in [2.05, 4.69) is 53.0 Å². The van der Waals surface area contributed by atoms with Gasteiger partial charge in [0.15, 0.2) is 5.96 Å². The Labute approximate surface area is 128 Å². The molecule has 21 heavy (non-hydrogen) atoms. The van der Waals surface area contributed by atoms with Crippen molar-refractivity contribution < 1.29 is 0 Å². The first-order valence-electron chi connectivity index (χ1n) is 7.98. The first-order valence-corrected chi connectivity index (χ1v) is 7.98. The normalized spacial score (nSPS) is 17.0. The second-order valence-corrected chi connectivity index (χ2v) is 6.02. The summed E-state index contributed by atoms with van der Waals surface area (Å²) in [5.74, 6) is 1.55. The number of rotatable bonds is 5. The van der Waals surface area contributed by atoms with Crippen LogP contribution in [-0.2, 0) is 0 Å². The molecule has 1 fully saturated rings. The molecule has 2 N–H and O–H groups in total. The van der Waals surface area contributed by atoms with E-state index in [1.165, 1.54) is 18.5 Å². The number of nitrogens with two attached hydrogens (primary N) is 1. The van der Waals surface area contributed by atoms with Crippen molar-refractivity contribution in [1.29, 1.82) is 0 Å². The minimum Gasteiger partial charge on any atom is -0.375 e. The number of para-hydroxylation sites is 1. The molecule has 0 saturated carbocycles. The molecule has 0 bridgehead atoms. The summed E-state index contributed by atoms with van der Waals surface area (Å²) < 4.78 is 0. The fraction of sp³-hybridized carbons (Fsp3) is 0.588. The van der Waals surface area contributed by atoms with E-state index in [9.17, 15) is 0 Å². The van der Waals surface area contributed by atoms with Crippen molar-refractivity contribution >= 4 is 11.6 Å². The van der Waals surface area contributed by atoms with Gasteiger partial charge in [0, 0.05) is 38.9 Å². The average Bonchev–Trinajstić information content (AvgIpc) is 2.52. The highest BCUT2D eigenvalue weighted by atomic mass is 15.3. The molecule has 0 amide bonds. The molecule has 116 valence electrons. The monoisotopic (exact) mass is 288 g/mol. The van der Waals surface area contributed by atoms with Crippen molar-refractivity contribution in [1.82, 2.24) is 4.90 Å². The third kappa shape index (κ3) is 4.96. The molecule has 1 saturated heterocycles. The van der Waals surface area contributed by atoms with E-state index in [0.717, 1.165) is 44.5 Å². The summed E-state index contributed by atoms with van der Waals surface area (Å²) in [7, 11) is 2.12. The predicted molar refractivity (Wildman–Crippen MR) is 90.8 cm³/mol. The highest BCUT2D eigenvalue weighted by Crippen LogP contribution is 2.15. The molecule has 1 aromatic rings. The van der Waals surface area contributed by atoms with Crippen LogP contribution in [0.1, 0.15) is 26.2 Å². The van der Waals surface area contributed by atoms with Crippen LogP contribution in [0.15, 0.2) is 35.3 Å². The Bertz CT molecular complexity index is 435. The maximum absolute atomic E-state index is 6.08. The van der Waals surface area contributed by atoms with Gasteiger partial charge in [-0.05, 0) is 37.3 Å². The Morgan fingerprint density at radius 3 is 2.62 bits per heavy atom. The number of guanidine groups is 1. The number of nitrogens with zero attached hydrogens (tertiary/aromatic N) is 3. The van der Waals surface area contributed by atoms with Gasteiger partial charge in [0.25, 0.3) is 0 Å². The zero-order chi connectivity index (χ0) is 15.1. The molecule has 1 aliphatic heterocycles. The van der Waals surface area contributed by atoms with Crippen molar-refractivity contribution in [3.8, 4) is 0 Å². The Balaban J connectivity index is 1.70. The summed E-state index contributed by atoms with van der Waals surface area (Å²) in [6.07, 6.45) is 3.48. The summed E-state index contributed by atoms with van der Waals surface area (Å²) in [6.45, 7) is 6.22. The molecular formula is C17H28N4.